The van der Waals surface area contributed by atoms with Crippen LogP contribution >= 0.6 is 15.9 Å². The van der Waals surface area contributed by atoms with Gasteiger partial charge >= 0.3 is 5.97 Å². The maximum atomic E-state index is 12.6. The number of halogens is 1. The Bertz CT molecular complexity index is 981. The number of aromatic nitrogens is 1. The molecule has 1 heterocycles. The van der Waals surface area contributed by atoms with E-state index in [1.165, 1.54) is 7.11 Å². The zero-order chi connectivity index (χ0) is 19.2. The van der Waals surface area contributed by atoms with Crippen LogP contribution in [0.5, 0.6) is 5.75 Å². The topological polar surface area (TPSA) is 57.5 Å². The quantitative estimate of drug-likeness (QED) is 0.557. The van der Waals surface area contributed by atoms with Crippen molar-refractivity contribution >= 4 is 21.9 Å². The van der Waals surface area contributed by atoms with Crippen molar-refractivity contribution in [1.29, 1.82) is 0 Å². The molecule has 0 saturated carbocycles. The highest BCUT2D eigenvalue weighted by atomic mass is 79.9. The Kier molecular flexibility index (Phi) is 6.08. The van der Waals surface area contributed by atoms with Gasteiger partial charge in [0.15, 0.2) is 0 Å². The molecule has 0 amide bonds. The fourth-order valence-electron chi connectivity index (χ4n) is 2.56. The number of methoxy groups -OCH3 is 1. The van der Waals surface area contributed by atoms with Crippen molar-refractivity contribution in [2.75, 3.05) is 7.11 Å². The maximum Gasteiger partial charge on any atom is 0.337 e. The number of ether oxygens (including phenoxy) is 2. The first kappa shape index (κ1) is 18.9. The number of rotatable bonds is 6. The van der Waals surface area contributed by atoms with Crippen LogP contribution in [-0.4, -0.2) is 17.6 Å². The van der Waals surface area contributed by atoms with Crippen molar-refractivity contribution in [1.82, 2.24) is 4.57 Å². The second-order valence-electron chi connectivity index (χ2n) is 5.89. The van der Waals surface area contributed by atoms with Gasteiger partial charge in [-0.15, -0.1) is 0 Å². The minimum absolute atomic E-state index is 0.183. The van der Waals surface area contributed by atoms with E-state index in [4.69, 9.17) is 4.74 Å². The molecule has 3 rings (SSSR count). The Morgan fingerprint density at radius 3 is 2.37 bits per heavy atom. The van der Waals surface area contributed by atoms with E-state index in [2.05, 4.69) is 20.7 Å². The van der Waals surface area contributed by atoms with E-state index >= 15 is 0 Å². The SMILES string of the molecule is COC(=O)c1ccc(Cn2ccc(OCc3ccccc3)c(Br)c2=O)cc1. The summed E-state index contributed by atoms with van der Waals surface area (Å²) in [4.78, 5) is 24.1. The molecule has 0 fully saturated rings. The molecule has 138 valence electrons. The van der Waals surface area contributed by atoms with Crippen LogP contribution in [0.4, 0.5) is 0 Å². The summed E-state index contributed by atoms with van der Waals surface area (Å²) in [6.07, 6.45) is 1.70. The normalized spacial score (nSPS) is 10.4. The Hall–Kier alpha value is -2.86. The molecule has 27 heavy (non-hydrogen) atoms. The Labute approximate surface area is 165 Å². The molecule has 5 nitrogen and oxygen atoms in total. The molecule has 0 N–H and O–H groups in total. The molecule has 0 aliphatic carbocycles. The van der Waals surface area contributed by atoms with Crippen molar-refractivity contribution < 1.29 is 14.3 Å². The number of esters is 1. The summed E-state index contributed by atoms with van der Waals surface area (Å²) in [6.45, 7) is 0.774. The molecule has 6 heteroatoms. The number of hydrogen-bond acceptors (Lipinski definition) is 4. The zero-order valence-corrected chi connectivity index (χ0v) is 16.3. The van der Waals surface area contributed by atoms with Crippen LogP contribution in [0.2, 0.25) is 0 Å². The minimum Gasteiger partial charge on any atom is -0.487 e. The zero-order valence-electron chi connectivity index (χ0n) is 14.7. The van der Waals surface area contributed by atoms with Crippen molar-refractivity contribution in [3.63, 3.8) is 0 Å². The third kappa shape index (κ3) is 4.65. The first-order valence-electron chi connectivity index (χ1n) is 8.31. The van der Waals surface area contributed by atoms with Crippen molar-refractivity contribution in [2.45, 2.75) is 13.2 Å². The predicted molar refractivity (Wildman–Crippen MR) is 106 cm³/mol. The standard InChI is InChI=1S/C21H18BrNO4/c1-26-21(25)17-9-7-15(8-10-17)13-23-12-11-18(19(22)20(23)24)27-14-16-5-3-2-4-6-16/h2-12H,13-14H2,1H3. The van der Waals surface area contributed by atoms with Gasteiger partial charge in [0.1, 0.15) is 16.8 Å². The minimum atomic E-state index is -0.388. The van der Waals surface area contributed by atoms with Gasteiger partial charge in [-0.05, 0) is 45.3 Å². The second kappa shape index (κ2) is 8.68. The number of hydrogen-bond donors (Lipinski definition) is 0. The highest BCUT2D eigenvalue weighted by molar-refractivity contribution is 9.10. The summed E-state index contributed by atoms with van der Waals surface area (Å²) in [5, 5.41) is 0. The largest absolute Gasteiger partial charge is 0.487 e. The molecular weight excluding hydrogens is 410 g/mol. The number of benzene rings is 2. The highest BCUT2D eigenvalue weighted by Crippen LogP contribution is 2.21. The fourth-order valence-corrected chi connectivity index (χ4v) is 3.04. The van der Waals surface area contributed by atoms with E-state index in [1.54, 1.807) is 41.1 Å². The third-order valence-electron chi connectivity index (χ3n) is 4.04. The molecule has 3 aromatic rings. The summed E-state index contributed by atoms with van der Waals surface area (Å²) in [6, 6.07) is 18.5. The van der Waals surface area contributed by atoms with Gasteiger partial charge in [0.05, 0.1) is 19.2 Å². The monoisotopic (exact) mass is 427 g/mol. The summed E-state index contributed by atoms with van der Waals surface area (Å²) in [5.74, 6) is 0.113. The number of carbonyl (C=O) groups excluding carboxylic acids is 1. The van der Waals surface area contributed by atoms with E-state index in [0.29, 0.717) is 28.9 Å². The molecule has 0 saturated heterocycles. The van der Waals surface area contributed by atoms with E-state index in [0.717, 1.165) is 11.1 Å². The summed E-state index contributed by atoms with van der Waals surface area (Å²) in [5.41, 5.74) is 2.21. The van der Waals surface area contributed by atoms with Crippen molar-refractivity contribution in [2.24, 2.45) is 0 Å². The molecule has 1 aromatic heterocycles. The Morgan fingerprint density at radius 1 is 1.00 bits per heavy atom. The average molecular weight is 428 g/mol. The van der Waals surface area contributed by atoms with Crippen LogP contribution < -0.4 is 10.3 Å². The van der Waals surface area contributed by atoms with Gasteiger partial charge in [-0.3, -0.25) is 4.79 Å². The molecule has 0 radical (unpaired) electrons. The molecule has 0 spiro atoms. The Balaban J connectivity index is 1.73. The van der Waals surface area contributed by atoms with Gasteiger partial charge in [0.25, 0.3) is 5.56 Å². The van der Waals surface area contributed by atoms with E-state index in [9.17, 15) is 9.59 Å². The smallest absolute Gasteiger partial charge is 0.337 e. The molecule has 0 atom stereocenters. The maximum absolute atomic E-state index is 12.6. The average Bonchev–Trinajstić information content (AvgIpc) is 2.71. The van der Waals surface area contributed by atoms with Crippen LogP contribution in [-0.2, 0) is 17.9 Å². The van der Waals surface area contributed by atoms with Gasteiger partial charge in [-0.25, -0.2) is 4.79 Å². The van der Waals surface area contributed by atoms with Gasteiger partial charge in [0, 0.05) is 6.20 Å². The third-order valence-corrected chi connectivity index (χ3v) is 4.77. The molecular formula is C21H18BrNO4. The lowest BCUT2D eigenvalue weighted by Crippen LogP contribution is -2.21. The van der Waals surface area contributed by atoms with Gasteiger partial charge in [-0.2, -0.15) is 0 Å². The summed E-state index contributed by atoms with van der Waals surface area (Å²) in [7, 11) is 1.34. The first-order valence-corrected chi connectivity index (χ1v) is 9.10. The number of pyridine rings is 1. The predicted octanol–water partition coefficient (Wildman–Crippen LogP) is 4.02. The summed E-state index contributed by atoms with van der Waals surface area (Å²) >= 11 is 3.34. The molecule has 0 aliphatic heterocycles. The highest BCUT2D eigenvalue weighted by Gasteiger charge is 2.10. The van der Waals surface area contributed by atoms with Gasteiger partial charge in [-0.1, -0.05) is 42.5 Å². The van der Waals surface area contributed by atoms with Gasteiger partial charge < -0.3 is 14.0 Å². The lowest BCUT2D eigenvalue weighted by atomic mass is 10.1. The van der Waals surface area contributed by atoms with Crippen LogP contribution in [0.1, 0.15) is 21.5 Å². The van der Waals surface area contributed by atoms with Crippen LogP contribution in [0.3, 0.4) is 0 Å². The van der Waals surface area contributed by atoms with E-state index in [1.807, 2.05) is 30.3 Å². The molecule has 2 aromatic carbocycles. The fraction of sp³-hybridized carbons (Fsp3) is 0.143. The number of nitrogens with zero attached hydrogens (tertiary/aromatic N) is 1. The van der Waals surface area contributed by atoms with Crippen LogP contribution in [0.15, 0.2) is 76.1 Å². The van der Waals surface area contributed by atoms with E-state index in [-0.39, 0.29) is 11.5 Å². The lowest BCUT2D eigenvalue weighted by molar-refractivity contribution is 0.0600. The van der Waals surface area contributed by atoms with Gasteiger partial charge in [0.2, 0.25) is 0 Å². The van der Waals surface area contributed by atoms with Crippen LogP contribution in [0.25, 0.3) is 0 Å². The van der Waals surface area contributed by atoms with E-state index < -0.39 is 0 Å². The Morgan fingerprint density at radius 2 is 1.70 bits per heavy atom. The van der Waals surface area contributed by atoms with Crippen molar-refractivity contribution in [3.05, 3.63) is 98.4 Å². The lowest BCUT2D eigenvalue weighted by Gasteiger charge is -2.11. The molecule has 0 bridgehead atoms. The van der Waals surface area contributed by atoms with Crippen LogP contribution in [0, 0.1) is 0 Å². The number of carbonyl (C=O) groups is 1. The van der Waals surface area contributed by atoms with Crippen molar-refractivity contribution in [3.8, 4) is 5.75 Å². The summed E-state index contributed by atoms with van der Waals surface area (Å²) < 4.78 is 12.4. The second-order valence-corrected chi connectivity index (χ2v) is 6.68. The molecule has 0 aliphatic rings. The first-order chi connectivity index (χ1) is 13.1. The molecule has 0 unspecified atom stereocenters.